The average Bonchev–Trinajstić information content (AvgIpc) is 1.60. The molecule has 13 heteroatoms. The van der Waals surface area contributed by atoms with Crippen molar-refractivity contribution >= 4 is 65.6 Å². The molecule has 0 fully saturated rings. The van der Waals surface area contributed by atoms with Crippen LogP contribution in [0.5, 0.6) is 0 Å². The number of nitrogens with zero attached hydrogens (tertiary/aromatic N) is 4. The molecule has 5 heterocycles. The van der Waals surface area contributed by atoms with Crippen LogP contribution in [0.1, 0.15) is 234 Å². The molecule has 4 aromatic carbocycles. The van der Waals surface area contributed by atoms with Crippen LogP contribution in [0.3, 0.4) is 0 Å². The summed E-state index contributed by atoms with van der Waals surface area (Å²) in [4.78, 5) is 80.3. The molecule has 95 heavy (non-hydrogen) atoms. The van der Waals surface area contributed by atoms with Gasteiger partial charge in [0.15, 0.2) is 0 Å². The van der Waals surface area contributed by atoms with Crippen molar-refractivity contribution in [2.24, 2.45) is 30.7 Å². The minimum Gasteiger partial charge on any atom is -0.462 e. The highest BCUT2D eigenvalue weighted by atomic mass is 16.5. The first kappa shape index (κ1) is 70.6. The van der Waals surface area contributed by atoms with E-state index in [0.29, 0.717) is 129 Å². The predicted octanol–water partition coefficient (Wildman–Crippen LogP) is 19.8. The van der Waals surface area contributed by atoms with E-state index >= 15 is 0 Å². The molecule has 3 aliphatic rings. The normalized spacial score (nSPS) is 13.4. The lowest BCUT2D eigenvalue weighted by Gasteiger charge is -2.15. The Kier molecular flexibility index (Phi) is 25.7. The van der Waals surface area contributed by atoms with Crippen molar-refractivity contribution in [2.45, 2.75) is 171 Å². The van der Waals surface area contributed by atoms with Crippen LogP contribution in [0, 0.1) is 23.7 Å². The van der Waals surface area contributed by atoms with Crippen LogP contribution in [0.2, 0.25) is 0 Å². The van der Waals surface area contributed by atoms with E-state index in [9.17, 15) is 24.0 Å². The van der Waals surface area contributed by atoms with Crippen LogP contribution < -0.4 is 0 Å². The number of benzene rings is 4. The number of carbonyl (C=O) groups is 5. The molecule has 8 bridgehead atoms. The molecule has 2 aromatic heterocycles. The van der Waals surface area contributed by atoms with Gasteiger partial charge in [-0.3, -0.25) is 9.36 Å². The molecule has 0 N–H and O–H groups in total. The van der Waals surface area contributed by atoms with E-state index in [1.54, 1.807) is 28.8 Å². The third-order valence-corrected chi connectivity index (χ3v) is 19.4. The standard InChI is InChI=1S/C82H98N4O9/c1-10-18-22-55(14-5)50-92-79(88)63-34-26-59(27-35-63)75-67-42-44-69(83-67)77(61-30-38-65(39-31-61)81(90)94-52-57(16-7)24-20-12-3)73-48-49-74(86(73)54-87)78(62-32-40-66(41-33-62)82(91)95-53-58(17-8)25-21-13-4)70-45-43-68(84-70)76(72-47-46-71(75)85(72)9)60-28-36-64(37-29-60)80(89)93-51-56(15-6)23-19-11-2/h26-45,48-49,54-58H,10-25,46-47,50-53H2,1-9H3. The number of carbonyl (C=O) groups excluding carboxylic acids is 5. The Hall–Kier alpha value is -8.71. The van der Waals surface area contributed by atoms with Gasteiger partial charge in [-0.15, -0.1) is 0 Å². The van der Waals surface area contributed by atoms with Crippen LogP contribution in [0.25, 0.3) is 79.8 Å². The summed E-state index contributed by atoms with van der Waals surface area (Å²) in [6, 6.07) is 33.6. The number of aromatic nitrogens is 4. The van der Waals surface area contributed by atoms with Gasteiger partial charge in [-0.2, -0.15) is 0 Å². The van der Waals surface area contributed by atoms with Gasteiger partial charge in [-0.25, -0.2) is 29.1 Å². The second kappa shape index (κ2) is 34.6. The van der Waals surface area contributed by atoms with Crippen molar-refractivity contribution in [1.82, 2.24) is 19.1 Å². The van der Waals surface area contributed by atoms with Crippen molar-refractivity contribution in [3.05, 3.63) is 166 Å². The molecule has 500 valence electrons. The lowest BCUT2D eigenvalue weighted by atomic mass is 9.98. The molecule has 0 spiro atoms. The Labute approximate surface area is 563 Å². The van der Waals surface area contributed by atoms with Crippen molar-refractivity contribution < 1.29 is 42.9 Å². The number of rotatable bonds is 33. The maximum Gasteiger partial charge on any atom is 0.338 e. The molecular weight excluding hydrogens is 1180 g/mol. The van der Waals surface area contributed by atoms with Gasteiger partial charge >= 0.3 is 23.9 Å². The van der Waals surface area contributed by atoms with E-state index in [1.165, 1.54) is 0 Å². The van der Waals surface area contributed by atoms with Crippen molar-refractivity contribution in [3.63, 3.8) is 0 Å². The number of esters is 4. The summed E-state index contributed by atoms with van der Waals surface area (Å²) in [5.74, 6) is -0.413. The summed E-state index contributed by atoms with van der Waals surface area (Å²) in [7, 11) is 2.07. The van der Waals surface area contributed by atoms with Gasteiger partial charge in [-0.05, 0) is 169 Å². The molecule has 0 amide bonds. The van der Waals surface area contributed by atoms with Crippen LogP contribution in [-0.2, 0) is 43.6 Å². The van der Waals surface area contributed by atoms with Gasteiger partial charge in [0.2, 0.25) is 6.41 Å². The molecule has 0 radical (unpaired) electrons. The Morgan fingerprint density at radius 2 is 0.642 bits per heavy atom. The molecule has 0 saturated heterocycles. The Morgan fingerprint density at radius 1 is 0.389 bits per heavy atom. The van der Waals surface area contributed by atoms with Crippen molar-refractivity contribution in [2.75, 3.05) is 26.4 Å². The summed E-state index contributed by atoms with van der Waals surface area (Å²) in [5.41, 5.74) is 13.2. The number of unbranched alkanes of at least 4 members (excludes halogenated alkanes) is 4. The van der Waals surface area contributed by atoms with Gasteiger partial charge in [0.1, 0.15) is 0 Å². The fourth-order valence-electron chi connectivity index (χ4n) is 13.1. The van der Waals surface area contributed by atoms with Gasteiger partial charge < -0.3 is 23.5 Å². The Bertz CT molecular complexity index is 3660. The zero-order chi connectivity index (χ0) is 67.4. The second-order valence-electron chi connectivity index (χ2n) is 25.8. The smallest absolute Gasteiger partial charge is 0.338 e. The maximum absolute atomic E-state index is 14.2. The molecule has 0 aliphatic carbocycles. The molecule has 0 saturated carbocycles. The van der Waals surface area contributed by atoms with E-state index in [0.717, 1.165) is 143 Å². The van der Waals surface area contributed by atoms with E-state index < -0.39 is 11.9 Å². The third-order valence-electron chi connectivity index (χ3n) is 19.4. The number of fused-ring (bicyclic) bond motifs is 8. The van der Waals surface area contributed by atoms with Crippen LogP contribution >= 0.6 is 0 Å². The van der Waals surface area contributed by atoms with E-state index in [-0.39, 0.29) is 23.8 Å². The molecular formula is C82H98N4O9. The minimum atomic E-state index is -0.404. The lowest BCUT2D eigenvalue weighted by Crippen LogP contribution is -2.14. The molecule has 4 atom stereocenters. The van der Waals surface area contributed by atoms with Gasteiger partial charge in [0, 0.05) is 40.7 Å². The summed E-state index contributed by atoms with van der Waals surface area (Å²) in [5, 5.41) is 0. The minimum absolute atomic E-state index is 0.275. The van der Waals surface area contributed by atoms with E-state index in [2.05, 4.69) is 67.0 Å². The van der Waals surface area contributed by atoms with E-state index in [4.69, 9.17) is 28.9 Å². The number of ether oxygens (including phenoxy) is 4. The van der Waals surface area contributed by atoms with E-state index in [1.807, 2.05) is 109 Å². The highest BCUT2D eigenvalue weighted by molar-refractivity contribution is 6.02. The quantitative estimate of drug-likeness (QED) is 0.0219. The van der Waals surface area contributed by atoms with Crippen LogP contribution in [0.15, 0.2) is 109 Å². The topological polar surface area (TPSA) is 158 Å². The SMILES string of the molecule is CCCCC(CC)COC(=O)c1ccc(-c2c3nc(c(-c4ccc(C(=O)OCC(CC)CCCC)cc4)c4ccc(c(-c5ccc(C(=O)OCC(CC)CCCC)cc5)c5nc(c(-c6ccc(C(=O)OCC(CC)CCCC)cc6)c6n(C)c2CC6)C=C5)n4C=O)C=C3)cc1. The molecule has 4 unspecified atom stereocenters. The highest BCUT2D eigenvalue weighted by Gasteiger charge is 2.27. The summed E-state index contributed by atoms with van der Waals surface area (Å²) >= 11 is 0. The monoisotopic (exact) mass is 1280 g/mol. The fraction of sp³-hybridized carbons (Fsp3) is 0.427. The van der Waals surface area contributed by atoms with Crippen molar-refractivity contribution in [3.8, 4) is 44.5 Å². The first-order chi connectivity index (χ1) is 46.3. The number of hydrogen-bond donors (Lipinski definition) is 0. The van der Waals surface area contributed by atoms with Gasteiger partial charge in [-0.1, -0.05) is 181 Å². The zero-order valence-electron chi connectivity index (χ0n) is 57.6. The Balaban J connectivity index is 1.28. The summed E-state index contributed by atoms with van der Waals surface area (Å²) < 4.78 is 27.6. The third kappa shape index (κ3) is 17.2. The zero-order valence-corrected chi connectivity index (χ0v) is 57.6. The molecule has 3 aliphatic heterocycles. The lowest BCUT2D eigenvalue weighted by molar-refractivity contribution is 0.0419. The first-order valence-corrected chi connectivity index (χ1v) is 35.3. The summed E-state index contributed by atoms with van der Waals surface area (Å²) in [6.07, 6.45) is 26.3. The summed E-state index contributed by atoms with van der Waals surface area (Å²) in [6.45, 7) is 18.6. The molecule has 6 aromatic rings. The molecule has 9 rings (SSSR count). The van der Waals surface area contributed by atoms with Gasteiger partial charge in [0.05, 0.1) is 82.5 Å². The van der Waals surface area contributed by atoms with Gasteiger partial charge in [0.25, 0.3) is 0 Å². The van der Waals surface area contributed by atoms with Crippen LogP contribution in [-0.4, -0.2) is 75.8 Å². The average molecular weight is 1280 g/mol. The predicted molar refractivity (Wildman–Crippen MR) is 384 cm³/mol. The second-order valence-corrected chi connectivity index (χ2v) is 25.8. The Morgan fingerprint density at radius 3 is 0.884 bits per heavy atom. The maximum atomic E-state index is 14.2. The van der Waals surface area contributed by atoms with Crippen LogP contribution in [0.4, 0.5) is 0 Å². The first-order valence-electron chi connectivity index (χ1n) is 35.3. The fourth-order valence-corrected chi connectivity index (χ4v) is 13.1. The number of hydrogen-bond acceptors (Lipinski definition) is 11. The highest BCUT2D eigenvalue weighted by Crippen LogP contribution is 2.41. The largest absolute Gasteiger partial charge is 0.462 e. The van der Waals surface area contributed by atoms with Crippen molar-refractivity contribution in [1.29, 1.82) is 0 Å². The molecule has 13 nitrogen and oxygen atoms in total.